The van der Waals surface area contributed by atoms with E-state index < -0.39 is 0 Å². The molecule has 0 radical (unpaired) electrons. The number of nitrogens with zero attached hydrogens (tertiary/aromatic N) is 5. The van der Waals surface area contributed by atoms with Crippen molar-refractivity contribution in [2.45, 2.75) is 6.54 Å². The predicted molar refractivity (Wildman–Crippen MR) is 82.2 cm³/mol. The summed E-state index contributed by atoms with van der Waals surface area (Å²) in [6.07, 6.45) is 2.92. The van der Waals surface area contributed by atoms with Gasteiger partial charge in [-0.05, 0) is 18.2 Å². The summed E-state index contributed by atoms with van der Waals surface area (Å²) in [6, 6.07) is 12.3. The average molecular weight is 310 g/mol. The smallest absolute Gasteiger partial charge is 0.273 e. The van der Waals surface area contributed by atoms with E-state index >= 15 is 0 Å². The highest BCUT2D eigenvalue weighted by Crippen LogP contribution is 2.04. The molecule has 0 aliphatic rings. The summed E-state index contributed by atoms with van der Waals surface area (Å²) in [5, 5.41) is 14.8. The molecule has 0 fully saturated rings. The molecule has 2 heterocycles. The normalized spacial score (nSPS) is 10.4. The molecule has 1 aromatic carbocycles. The van der Waals surface area contributed by atoms with Gasteiger partial charge in [-0.2, -0.15) is 15.0 Å². The van der Waals surface area contributed by atoms with Crippen LogP contribution in [-0.4, -0.2) is 37.2 Å². The Balaban J connectivity index is 1.60. The molecule has 0 bridgehead atoms. The second-order valence-corrected chi connectivity index (χ2v) is 4.70. The van der Waals surface area contributed by atoms with Gasteiger partial charge in [-0.15, -0.1) is 5.10 Å². The predicted octanol–water partition coefficient (Wildman–Crippen LogP) is 0.254. The molecule has 116 valence electrons. The fourth-order valence-corrected chi connectivity index (χ4v) is 1.97. The number of aromatic nitrogens is 5. The highest BCUT2D eigenvalue weighted by Gasteiger charge is 2.11. The maximum absolute atomic E-state index is 12.0. The standard InChI is InChI=1S/C15H14N6O2/c22-14-7-4-8-17-20(14)10-9-16-15(23)13-11-18-21(19-13)12-5-2-1-3-6-12/h1-8,11H,9-10H2,(H,16,23). The van der Waals surface area contributed by atoms with Crippen molar-refractivity contribution in [3.05, 3.63) is 70.9 Å². The van der Waals surface area contributed by atoms with Crippen molar-refractivity contribution >= 4 is 5.91 Å². The molecule has 3 aromatic rings. The maximum atomic E-state index is 12.0. The second-order valence-electron chi connectivity index (χ2n) is 4.70. The third kappa shape index (κ3) is 3.49. The fraction of sp³-hybridized carbons (Fsp3) is 0.133. The van der Waals surface area contributed by atoms with Gasteiger partial charge in [0.1, 0.15) is 0 Å². The van der Waals surface area contributed by atoms with Crippen LogP contribution in [0.15, 0.2) is 59.7 Å². The van der Waals surface area contributed by atoms with Crippen molar-refractivity contribution in [1.82, 2.24) is 30.1 Å². The van der Waals surface area contributed by atoms with Gasteiger partial charge in [-0.1, -0.05) is 18.2 Å². The summed E-state index contributed by atoms with van der Waals surface area (Å²) < 4.78 is 1.28. The lowest BCUT2D eigenvalue weighted by molar-refractivity contribution is 0.0946. The second kappa shape index (κ2) is 6.65. The van der Waals surface area contributed by atoms with Crippen LogP contribution in [0, 0.1) is 0 Å². The topological polar surface area (TPSA) is 94.7 Å². The van der Waals surface area contributed by atoms with Crippen molar-refractivity contribution in [3.8, 4) is 5.69 Å². The zero-order chi connectivity index (χ0) is 16.1. The van der Waals surface area contributed by atoms with Crippen molar-refractivity contribution in [1.29, 1.82) is 0 Å². The molecule has 0 aliphatic heterocycles. The minimum atomic E-state index is -0.351. The highest BCUT2D eigenvalue weighted by atomic mass is 16.2. The van der Waals surface area contributed by atoms with Gasteiger partial charge < -0.3 is 5.32 Å². The van der Waals surface area contributed by atoms with Crippen molar-refractivity contribution in [3.63, 3.8) is 0 Å². The first-order valence-corrected chi connectivity index (χ1v) is 7.02. The third-order valence-electron chi connectivity index (χ3n) is 3.11. The van der Waals surface area contributed by atoms with E-state index in [1.165, 1.54) is 27.9 Å². The molecule has 1 N–H and O–H groups in total. The molecule has 0 spiro atoms. The molecule has 3 rings (SSSR count). The molecule has 0 saturated heterocycles. The van der Waals surface area contributed by atoms with E-state index in [9.17, 15) is 9.59 Å². The maximum Gasteiger partial charge on any atom is 0.273 e. The van der Waals surface area contributed by atoms with Gasteiger partial charge in [0.05, 0.1) is 18.4 Å². The van der Waals surface area contributed by atoms with E-state index in [0.29, 0.717) is 0 Å². The van der Waals surface area contributed by atoms with Crippen LogP contribution in [0.1, 0.15) is 10.5 Å². The monoisotopic (exact) mass is 310 g/mol. The summed E-state index contributed by atoms with van der Waals surface area (Å²) in [4.78, 5) is 24.9. The van der Waals surface area contributed by atoms with E-state index in [-0.39, 0.29) is 30.2 Å². The van der Waals surface area contributed by atoms with Crippen molar-refractivity contribution < 1.29 is 4.79 Å². The quantitative estimate of drug-likeness (QED) is 0.729. The van der Waals surface area contributed by atoms with E-state index in [4.69, 9.17) is 0 Å². The van der Waals surface area contributed by atoms with Crippen molar-refractivity contribution in [2.24, 2.45) is 0 Å². The number of carbonyl (C=O) groups is 1. The first-order valence-electron chi connectivity index (χ1n) is 7.02. The number of rotatable bonds is 5. The van der Waals surface area contributed by atoms with Crippen LogP contribution in [0.3, 0.4) is 0 Å². The molecule has 8 heteroatoms. The molecule has 0 aliphatic carbocycles. The number of benzene rings is 1. The Kier molecular flexibility index (Phi) is 4.23. The molecule has 0 saturated carbocycles. The lowest BCUT2D eigenvalue weighted by Crippen LogP contribution is -2.31. The minimum Gasteiger partial charge on any atom is -0.349 e. The Morgan fingerprint density at radius 1 is 1.09 bits per heavy atom. The number of hydrogen-bond donors (Lipinski definition) is 1. The first kappa shape index (κ1) is 14.6. The van der Waals surface area contributed by atoms with Gasteiger partial charge in [-0.3, -0.25) is 9.59 Å². The third-order valence-corrected chi connectivity index (χ3v) is 3.11. The summed E-state index contributed by atoms with van der Waals surface area (Å²) in [5.41, 5.74) is 0.769. The lowest BCUT2D eigenvalue weighted by atomic mass is 10.3. The van der Waals surface area contributed by atoms with Gasteiger partial charge in [0, 0.05) is 18.8 Å². The molecule has 0 atom stereocenters. The molecule has 0 unspecified atom stereocenters. The number of para-hydroxylation sites is 1. The number of amides is 1. The summed E-state index contributed by atoms with van der Waals surface area (Å²) >= 11 is 0. The summed E-state index contributed by atoms with van der Waals surface area (Å²) in [7, 11) is 0. The Morgan fingerprint density at radius 2 is 1.91 bits per heavy atom. The lowest BCUT2D eigenvalue weighted by Gasteiger charge is -2.04. The van der Waals surface area contributed by atoms with E-state index in [2.05, 4.69) is 20.6 Å². The Morgan fingerprint density at radius 3 is 2.70 bits per heavy atom. The summed E-state index contributed by atoms with van der Waals surface area (Å²) in [5.74, 6) is -0.351. The first-order chi connectivity index (χ1) is 11.2. The largest absolute Gasteiger partial charge is 0.349 e. The summed E-state index contributed by atoms with van der Waals surface area (Å²) in [6.45, 7) is 0.562. The van der Waals surface area contributed by atoms with Gasteiger partial charge >= 0.3 is 0 Å². The van der Waals surface area contributed by atoms with Crippen LogP contribution >= 0.6 is 0 Å². The van der Waals surface area contributed by atoms with E-state index in [0.717, 1.165) is 5.69 Å². The Bertz CT molecular complexity index is 855. The number of nitrogens with one attached hydrogen (secondary N) is 1. The fourth-order valence-electron chi connectivity index (χ4n) is 1.97. The minimum absolute atomic E-state index is 0.210. The highest BCUT2D eigenvalue weighted by molar-refractivity contribution is 5.91. The van der Waals surface area contributed by atoms with Crippen LogP contribution in [-0.2, 0) is 6.54 Å². The molecular formula is C15H14N6O2. The molecule has 23 heavy (non-hydrogen) atoms. The Labute approximate surface area is 131 Å². The SMILES string of the molecule is O=C(NCCn1ncccc1=O)c1cnn(-c2ccccc2)n1. The molecular weight excluding hydrogens is 296 g/mol. The van der Waals surface area contributed by atoms with Crippen LogP contribution in [0.5, 0.6) is 0 Å². The van der Waals surface area contributed by atoms with E-state index in [1.54, 1.807) is 6.07 Å². The Hall–Kier alpha value is -3.29. The van der Waals surface area contributed by atoms with Gasteiger partial charge in [0.15, 0.2) is 5.69 Å². The zero-order valence-electron chi connectivity index (χ0n) is 12.2. The van der Waals surface area contributed by atoms with Gasteiger partial charge in [0.25, 0.3) is 11.5 Å². The molecule has 2 aromatic heterocycles. The van der Waals surface area contributed by atoms with Crippen LogP contribution < -0.4 is 10.9 Å². The zero-order valence-corrected chi connectivity index (χ0v) is 12.2. The number of carbonyl (C=O) groups excluding carboxylic acids is 1. The van der Waals surface area contributed by atoms with Crippen LogP contribution in [0.25, 0.3) is 5.69 Å². The molecule has 8 nitrogen and oxygen atoms in total. The number of hydrogen-bond acceptors (Lipinski definition) is 5. The van der Waals surface area contributed by atoms with Crippen LogP contribution in [0.4, 0.5) is 0 Å². The van der Waals surface area contributed by atoms with Crippen LogP contribution in [0.2, 0.25) is 0 Å². The average Bonchev–Trinajstić information content (AvgIpc) is 3.07. The van der Waals surface area contributed by atoms with Crippen molar-refractivity contribution in [2.75, 3.05) is 6.54 Å². The van der Waals surface area contributed by atoms with Gasteiger partial charge in [-0.25, -0.2) is 4.68 Å². The molecule has 1 amide bonds. The van der Waals surface area contributed by atoms with E-state index in [1.807, 2.05) is 30.3 Å². The van der Waals surface area contributed by atoms with Gasteiger partial charge in [0.2, 0.25) is 0 Å².